The summed E-state index contributed by atoms with van der Waals surface area (Å²) in [6, 6.07) is 7.55. The SMILES string of the molecule is CCCCN1CCN(c2ccc(N3CCCCC3)cc2C2CCC(C(C)(C)C)CC2)CC1. The van der Waals surface area contributed by atoms with Crippen LogP contribution in [-0.4, -0.2) is 50.7 Å². The number of piperazine rings is 1. The quantitative estimate of drug-likeness (QED) is 0.476. The van der Waals surface area contributed by atoms with Crippen molar-refractivity contribution in [2.45, 2.75) is 91.4 Å². The van der Waals surface area contributed by atoms with Gasteiger partial charge in [0.25, 0.3) is 0 Å². The largest absolute Gasteiger partial charge is 0.372 e. The van der Waals surface area contributed by atoms with Crippen LogP contribution in [0.1, 0.15) is 97.0 Å². The summed E-state index contributed by atoms with van der Waals surface area (Å²) >= 11 is 0. The Labute approximate surface area is 198 Å². The van der Waals surface area contributed by atoms with Crippen LogP contribution < -0.4 is 9.80 Å². The molecule has 2 aliphatic heterocycles. The monoisotopic (exact) mass is 439 g/mol. The van der Waals surface area contributed by atoms with E-state index in [4.69, 9.17) is 0 Å². The van der Waals surface area contributed by atoms with E-state index in [1.165, 1.54) is 109 Å². The van der Waals surface area contributed by atoms with Gasteiger partial charge in [0, 0.05) is 50.6 Å². The van der Waals surface area contributed by atoms with Gasteiger partial charge in [-0.1, -0.05) is 34.1 Å². The van der Waals surface area contributed by atoms with Gasteiger partial charge >= 0.3 is 0 Å². The molecule has 0 atom stereocenters. The average molecular weight is 440 g/mol. The zero-order valence-corrected chi connectivity index (χ0v) is 21.5. The molecule has 32 heavy (non-hydrogen) atoms. The molecule has 0 aromatic heterocycles. The maximum Gasteiger partial charge on any atom is 0.0404 e. The molecule has 2 saturated heterocycles. The van der Waals surface area contributed by atoms with Crippen LogP contribution in [0.2, 0.25) is 0 Å². The van der Waals surface area contributed by atoms with Gasteiger partial charge in [-0.25, -0.2) is 0 Å². The Balaban J connectivity index is 1.52. The molecule has 3 nitrogen and oxygen atoms in total. The van der Waals surface area contributed by atoms with Crippen LogP contribution in [-0.2, 0) is 0 Å². The minimum atomic E-state index is 0.457. The van der Waals surface area contributed by atoms with Crippen molar-refractivity contribution in [1.82, 2.24) is 4.90 Å². The molecule has 3 fully saturated rings. The molecule has 0 unspecified atom stereocenters. The van der Waals surface area contributed by atoms with Crippen molar-refractivity contribution < 1.29 is 0 Å². The summed E-state index contributed by atoms with van der Waals surface area (Å²) in [5, 5.41) is 0. The Bertz CT molecular complexity index is 700. The Morgan fingerprint density at radius 1 is 0.812 bits per heavy atom. The first-order valence-electron chi connectivity index (χ1n) is 13.8. The van der Waals surface area contributed by atoms with Gasteiger partial charge < -0.3 is 9.80 Å². The number of hydrogen-bond donors (Lipinski definition) is 0. The van der Waals surface area contributed by atoms with Gasteiger partial charge in [-0.2, -0.15) is 0 Å². The zero-order chi connectivity index (χ0) is 22.6. The van der Waals surface area contributed by atoms with Crippen molar-refractivity contribution in [3.05, 3.63) is 23.8 Å². The highest BCUT2D eigenvalue weighted by Crippen LogP contribution is 2.46. The molecule has 0 radical (unpaired) electrons. The van der Waals surface area contributed by atoms with E-state index in [1.807, 2.05) is 0 Å². The number of nitrogens with zero attached hydrogens (tertiary/aromatic N) is 3. The number of unbranched alkanes of at least 4 members (excludes halogenated alkanes) is 1. The Kier molecular flexibility index (Phi) is 8.08. The highest BCUT2D eigenvalue weighted by molar-refractivity contribution is 5.63. The van der Waals surface area contributed by atoms with Crippen LogP contribution in [0.3, 0.4) is 0 Å². The highest BCUT2D eigenvalue weighted by Gasteiger charge is 2.32. The van der Waals surface area contributed by atoms with Gasteiger partial charge in [0.2, 0.25) is 0 Å². The topological polar surface area (TPSA) is 9.72 Å². The fourth-order valence-electron chi connectivity index (χ4n) is 6.37. The first kappa shape index (κ1) is 23.9. The summed E-state index contributed by atoms with van der Waals surface area (Å²) in [6.45, 7) is 18.2. The van der Waals surface area contributed by atoms with Crippen LogP contribution in [0.4, 0.5) is 11.4 Å². The smallest absolute Gasteiger partial charge is 0.0404 e. The van der Waals surface area contributed by atoms with Crippen LogP contribution >= 0.6 is 0 Å². The summed E-state index contributed by atoms with van der Waals surface area (Å²) in [6.07, 6.45) is 12.3. The predicted octanol–water partition coefficient (Wildman–Crippen LogP) is 6.92. The molecule has 3 aliphatic rings. The minimum absolute atomic E-state index is 0.457. The van der Waals surface area contributed by atoms with E-state index in [-0.39, 0.29) is 0 Å². The number of hydrogen-bond acceptors (Lipinski definition) is 3. The normalized spacial score (nSPS) is 25.9. The van der Waals surface area contributed by atoms with E-state index in [1.54, 1.807) is 11.3 Å². The molecule has 0 N–H and O–H groups in total. The van der Waals surface area contributed by atoms with Crippen molar-refractivity contribution >= 4 is 11.4 Å². The summed E-state index contributed by atoms with van der Waals surface area (Å²) < 4.78 is 0. The lowest BCUT2D eigenvalue weighted by Crippen LogP contribution is -2.47. The van der Waals surface area contributed by atoms with Crippen molar-refractivity contribution in [3.63, 3.8) is 0 Å². The van der Waals surface area contributed by atoms with Gasteiger partial charge in [0.15, 0.2) is 0 Å². The first-order chi connectivity index (χ1) is 15.5. The van der Waals surface area contributed by atoms with Gasteiger partial charge in [-0.3, -0.25) is 4.90 Å². The van der Waals surface area contributed by atoms with Gasteiger partial charge in [0.05, 0.1) is 0 Å². The molecular formula is C29H49N3. The molecule has 3 heteroatoms. The van der Waals surface area contributed by atoms with Crippen LogP contribution in [0.5, 0.6) is 0 Å². The van der Waals surface area contributed by atoms with Crippen molar-refractivity contribution in [1.29, 1.82) is 0 Å². The lowest BCUT2D eigenvalue weighted by molar-refractivity contribution is 0.169. The minimum Gasteiger partial charge on any atom is -0.372 e. The van der Waals surface area contributed by atoms with Crippen molar-refractivity contribution in [2.24, 2.45) is 11.3 Å². The second kappa shape index (κ2) is 10.8. The van der Waals surface area contributed by atoms with Crippen molar-refractivity contribution in [2.75, 3.05) is 55.6 Å². The van der Waals surface area contributed by atoms with E-state index in [0.29, 0.717) is 5.41 Å². The molecule has 1 saturated carbocycles. The van der Waals surface area contributed by atoms with Gasteiger partial charge in [0.1, 0.15) is 0 Å². The molecule has 180 valence electrons. The first-order valence-corrected chi connectivity index (χ1v) is 13.8. The van der Waals surface area contributed by atoms with E-state index in [0.717, 1.165) is 11.8 Å². The third-order valence-corrected chi connectivity index (χ3v) is 8.66. The third-order valence-electron chi connectivity index (χ3n) is 8.66. The van der Waals surface area contributed by atoms with Crippen molar-refractivity contribution in [3.8, 4) is 0 Å². The summed E-state index contributed by atoms with van der Waals surface area (Å²) in [7, 11) is 0. The third kappa shape index (κ3) is 5.82. The van der Waals surface area contributed by atoms with Crippen LogP contribution in [0.15, 0.2) is 18.2 Å². The molecule has 1 aromatic carbocycles. The summed E-state index contributed by atoms with van der Waals surface area (Å²) in [5.41, 5.74) is 5.17. The maximum atomic E-state index is 2.72. The second-order valence-electron chi connectivity index (χ2n) is 11.9. The maximum absolute atomic E-state index is 2.72. The molecule has 0 amide bonds. The van der Waals surface area contributed by atoms with Crippen LogP contribution in [0, 0.1) is 11.3 Å². The number of rotatable bonds is 6. The van der Waals surface area contributed by atoms with E-state index in [9.17, 15) is 0 Å². The van der Waals surface area contributed by atoms with Crippen LogP contribution in [0.25, 0.3) is 0 Å². The van der Waals surface area contributed by atoms with Gasteiger partial charge in [-0.05, 0) is 98.9 Å². The van der Waals surface area contributed by atoms with E-state index in [2.05, 4.69) is 60.6 Å². The average Bonchev–Trinajstić information content (AvgIpc) is 2.83. The van der Waals surface area contributed by atoms with E-state index >= 15 is 0 Å². The van der Waals surface area contributed by atoms with Gasteiger partial charge in [-0.15, -0.1) is 0 Å². The lowest BCUT2D eigenvalue weighted by atomic mass is 9.68. The number of anilines is 2. The number of piperidine rings is 1. The number of benzene rings is 1. The Hall–Kier alpha value is -1.22. The fourth-order valence-corrected chi connectivity index (χ4v) is 6.37. The molecule has 0 bridgehead atoms. The highest BCUT2D eigenvalue weighted by atomic mass is 15.3. The Morgan fingerprint density at radius 3 is 2.12 bits per heavy atom. The summed E-state index contributed by atoms with van der Waals surface area (Å²) in [5.74, 6) is 1.63. The molecule has 0 spiro atoms. The predicted molar refractivity (Wildman–Crippen MR) is 140 cm³/mol. The standard InChI is InChI=1S/C29H49N3/c1-5-6-16-30-19-21-32(22-20-30)28-15-14-26(31-17-8-7-9-18-31)23-27(28)24-10-12-25(13-11-24)29(2,3)4/h14-15,23-25H,5-13,16-22H2,1-4H3. The molecular weight excluding hydrogens is 390 g/mol. The molecule has 1 aliphatic carbocycles. The van der Waals surface area contributed by atoms with E-state index < -0.39 is 0 Å². The molecule has 2 heterocycles. The zero-order valence-electron chi connectivity index (χ0n) is 21.5. The molecule has 1 aromatic rings. The summed E-state index contributed by atoms with van der Waals surface area (Å²) in [4.78, 5) is 8.05. The Morgan fingerprint density at radius 2 is 1.50 bits per heavy atom. The lowest BCUT2D eigenvalue weighted by Gasteiger charge is -2.41. The fraction of sp³-hybridized carbons (Fsp3) is 0.793. The molecule has 4 rings (SSSR count). The second-order valence-corrected chi connectivity index (χ2v) is 11.9.